The summed E-state index contributed by atoms with van der Waals surface area (Å²) in [6.45, 7) is 2.94. The third kappa shape index (κ3) is 4.03. The smallest absolute Gasteiger partial charge is 0.243 e. The Labute approximate surface area is 149 Å². The van der Waals surface area contributed by atoms with Crippen molar-refractivity contribution in [2.45, 2.75) is 24.3 Å². The molecule has 3 rings (SSSR count). The molecular weight excluding hydrogens is 338 g/mol. The third-order valence-corrected chi connectivity index (χ3v) is 6.43. The van der Waals surface area contributed by atoms with Gasteiger partial charge in [0.15, 0.2) is 0 Å². The lowest BCUT2D eigenvalue weighted by molar-refractivity contribution is -0.000506. The highest BCUT2D eigenvalue weighted by Gasteiger charge is 2.31. The highest BCUT2D eigenvalue weighted by molar-refractivity contribution is 7.89. The fourth-order valence-electron chi connectivity index (χ4n) is 3.09. The molecule has 134 valence electrons. The van der Waals surface area contributed by atoms with E-state index >= 15 is 0 Å². The van der Waals surface area contributed by atoms with Crippen LogP contribution in [-0.4, -0.2) is 45.6 Å². The Bertz CT molecular complexity index is 821. The highest BCUT2D eigenvalue weighted by atomic mass is 32.2. The van der Waals surface area contributed by atoms with E-state index in [1.54, 1.807) is 32.2 Å². The van der Waals surface area contributed by atoms with Gasteiger partial charge in [0.05, 0.1) is 24.7 Å². The van der Waals surface area contributed by atoms with Crippen LogP contribution in [0.2, 0.25) is 0 Å². The molecular formula is C19H23NO4S. The van der Waals surface area contributed by atoms with Crippen molar-refractivity contribution in [2.75, 3.05) is 26.8 Å². The number of rotatable bonds is 5. The Kier molecular flexibility index (Phi) is 5.42. The second-order valence-electron chi connectivity index (χ2n) is 6.18. The topological polar surface area (TPSA) is 55.8 Å². The van der Waals surface area contributed by atoms with E-state index in [4.69, 9.17) is 9.47 Å². The minimum atomic E-state index is -3.55. The van der Waals surface area contributed by atoms with Crippen molar-refractivity contribution in [3.05, 3.63) is 59.7 Å². The minimum Gasteiger partial charge on any atom is -0.497 e. The molecule has 0 aromatic heterocycles. The molecule has 1 saturated heterocycles. The van der Waals surface area contributed by atoms with Gasteiger partial charge in [-0.05, 0) is 42.7 Å². The standard InChI is InChI=1S/C19H23NO4S/c1-15-12-17(23-2)8-9-19(15)25(21,22)20-10-11-24-18(14-20)13-16-6-4-3-5-7-16/h3-9,12,18H,10-11,13-14H2,1-2H3. The first-order valence-corrected chi connectivity index (χ1v) is 9.75. The zero-order valence-electron chi connectivity index (χ0n) is 14.5. The lowest BCUT2D eigenvalue weighted by Crippen LogP contribution is -2.46. The van der Waals surface area contributed by atoms with Crippen molar-refractivity contribution >= 4 is 10.0 Å². The lowest BCUT2D eigenvalue weighted by atomic mass is 10.1. The fourth-order valence-corrected chi connectivity index (χ4v) is 4.75. The van der Waals surface area contributed by atoms with Crippen LogP contribution in [0.5, 0.6) is 5.75 Å². The van der Waals surface area contributed by atoms with Crippen molar-refractivity contribution < 1.29 is 17.9 Å². The van der Waals surface area contributed by atoms with Crippen molar-refractivity contribution in [2.24, 2.45) is 0 Å². The van der Waals surface area contributed by atoms with Gasteiger partial charge in [0, 0.05) is 13.1 Å². The van der Waals surface area contributed by atoms with Gasteiger partial charge in [0.1, 0.15) is 5.75 Å². The van der Waals surface area contributed by atoms with Crippen LogP contribution in [0.4, 0.5) is 0 Å². The Morgan fingerprint density at radius 3 is 2.64 bits per heavy atom. The van der Waals surface area contributed by atoms with Crippen LogP contribution in [0.25, 0.3) is 0 Å². The molecule has 0 radical (unpaired) electrons. The molecule has 0 spiro atoms. The van der Waals surface area contributed by atoms with E-state index in [1.165, 1.54) is 4.31 Å². The number of nitrogens with zero attached hydrogens (tertiary/aromatic N) is 1. The predicted octanol–water partition coefficient (Wildman–Crippen LogP) is 2.64. The molecule has 1 heterocycles. The quantitative estimate of drug-likeness (QED) is 0.822. The molecule has 1 atom stereocenters. The summed E-state index contributed by atoms with van der Waals surface area (Å²) in [5, 5.41) is 0. The molecule has 1 aliphatic heterocycles. The number of ether oxygens (including phenoxy) is 2. The normalized spacial score (nSPS) is 18.9. The second kappa shape index (κ2) is 7.56. The average molecular weight is 361 g/mol. The summed E-state index contributed by atoms with van der Waals surface area (Å²) in [4.78, 5) is 0.327. The minimum absolute atomic E-state index is 0.135. The van der Waals surface area contributed by atoms with Crippen molar-refractivity contribution in [1.29, 1.82) is 0 Å². The number of benzene rings is 2. The van der Waals surface area contributed by atoms with Gasteiger partial charge in [0.2, 0.25) is 10.0 Å². The lowest BCUT2D eigenvalue weighted by Gasteiger charge is -2.32. The predicted molar refractivity (Wildman–Crippen MR) is 96.4 cm³/mol. The summed E-state index contributed by atoms with van der Waals surface area (Å²) in [6.07, 6.45) is 0.568. The largest absolute Gasteiger partial charge is 0.497 e. The zero-order chi connectivity index (χ0) is 17.9. The van der Waals surface area contributed by atoms with Gasteiger partial charge in [-0.15, -0.1) is 0 Å². The van der Waals surface area contributed by atoms with Crippen LogP contribution in [0.3, 0.4) is 0 Å². The van der Waals surface area contributed by atoms with Crippen LogP contribution in [0.15, 0.2) is 53.4 Å². The molecule has 0 bridgehead atoms. The summed E-state index contributed by atoms with van der Waals surface area (Å²) >= 11 is 0. The number of methoxy groups -OCH3 is 1. The third-order valence-electron chi connectivity index (χ3n) is 4.41. The Morgan fingerprint density at radius 2 is 1.96 bits per heavy atom. The second-order valence-corrected chi connectivity index (χ2v) is 8.08. The van der Waals surface area contributed by atoms with E-state index in [-0.39, 0.29) is 6.10 Å². The first kappa shape index (κ1) is 17.9. The van der Waals surface area contributed by atoms with Crippen LogP contribution in [0.1, 0.15) is 11.1 Å². The summed E-state index contributed by atoms with van der Waals surface area (Å²) < 4.78 is 38.5. The first-order chi connectivity index (χ1) is 12.0. The van der Waals surface area contributed by atoms with Crippen molar-refractivity contribution in [3.63, 3.8) is 0 Å². The maximum atomic E-state index is 13.0. The molecule has 2 aromatic carbocycles. The maximum absolute atomic E-state index is 13.0. The van der Waals surface area contributed by atoms with E-state index in [2.05, 4.69) is 0 Å². The van der Waals surface area contributed by atoms with Gasteiger partial charge in [-0.2, -0.15) is 4.31 Å². The summed E-state index contributed by atoms with van der Waals surface area (Å²) in [5.41, 5.74) is 1.83. The molecule has 2 aromatic rings. The SMILES string of the molecule is COc1ccc(S(=O)(=O)N2CCOC(Cc3ccccc3)C2)c(C)c1. The molecule has 5 nitrogen and oxygen atoms in total. The number of sulfonamides is 1. The maximum Gasteiger partial charge on any atom is 0.243 e. The highest BCUT2D eigenvalue weighted by Crippen LogP contribution is 2.25. The molecule has 6 heteroatoms. The molecule has 0 N–H and O–H groups in total. The summed E-state index contributed by atoms with van der Waals surface area (Å²) in [6, 6.07) is 15.0. The van der Waals surface area contributed by atoms with E-state index in [9.17, 15) is 8.42 Å². The summed E-state index contributed by atoms with van der Waals surface area (Å²) in [7, 11) is -1.98. The Balaban J connectivity index is 1.78. The van der Waals surface area contributed by atoms with Gasteiger partial charge >= 0.3 is 0 Å². The van der Waals surface area contributed by atoms with E-state index in [0.717, 1.165) is 5.56 Å². The monoisotopic (exact) mass is 361 g/mol. The van der Waals surface area contributed by atoms with Crippen molar-refractivity contribution in [3.8, 4) is 5.75 Å². The van der Waals surface area contributed by atoms with Gasteiger partial charge in [-0.3, -0.25) is 0 Å². The fraction of sp³-hybridized carbons (Fsp3) is 0.368. The number of hydrogen-bond donors (Lipinski definition) is 0. The van der Waals surface area contributed by atoms with Crippen LogP contribution >= 0.6 is 0 Å². The Hall–Kier alpha value is -1.89. The summed E-state index contributed by atoms with van der Waals surface area (Å²) in [5.74, 6) is 0.653. The average Bonchev–Trinajstić information content (AvgIpc) is 2.62. The van der Waals surface area contributed by atoms with E-state index in [1.807, 2.05) is 30.3 Å². The zero-order valence-corrected chi connectivity index (χ0v) is 15.3. The number of hydrogen-bond acceptors (Lipinski definition) is 4. The van der Waals surface area contributed by atoms with Gasteiger partial charge in [-0.25, -0.2) is 8.42 Å². The van der Waals surface area contributed by atoms with Gasteiger partial charge in [0.25, 0.3) is 0 Å². The van der Waals surface area contributed by atoms with E-state index < -0.39 is 10.0 Å². The molecule has 0 amide bonds. The van der Waals surface area contributed by atoms with Crippen LogP contribution < -0.4 is 4.74 Å². The van der Waals surface area contributed by atoms with Crippen LogP contribution in [-0.2, 0) is 21.2 Å². The van der Waals surface area contributed by atoms with Gasteiger partial charge < -0.3 is 9.47 Å². The Morgan fingerprint density at radius 1 is 1.20 bits per heavy atom. The number of aryl methyl sites for hydroxylation is 1. The van der Waals surface area contributed by atoms with Crippen molar-refractivity contribution in [1.82, 2.24) is 4.31 Å². The molecule has 1 fully saturated rings. The van der Waals surface area contributed by atoms with Crippen LogP contribution in [0, 0.1) is 6.92 Å². The molecule has 0 aliphatic carbocycles. The molecule has 1 aliphatic rings. The first-order valence-electron chi connectivity index (χ1n) is 8.31. The molecule has 0 saturated carbocycles. The molecule has 1 unspecified atom stereocenters. The molecule has 25 heavy (non-hydrogen) atoms. The number of morpholine rings is 1. The van der Waals surface area contributed by atoms with Gasteiger partial charge in [-0.1, -0.05) is 30.3 Å². The van der Waals surface area contributed by atoms with E-state index in [0.29, 0.717) is 42.3 Å².